The molecule has 0 aliphatic carbocycles. The minimum Gasteiger partial charge on any atom is -0.497 e. The van der Waals surface area contributed by atoms with Gasteiger partial charge in [0.25, 0.3) is 5.91 Å². The lowest BCUT2D eigenvalue weighted by atomic mass is 10.1. The molecule has 0 aliphatic rings. The van der Waals surface area contributed by atoms with Gasteiger partial charge in [0.1, 0.15) is 12.3 Å². The highest BCUT2D eigenvalue weighted by Gasteiger charge is 2.35. The molecule has 4 nitrogen and oxygen atoms in total. The molecular formula is C13H17F3N2O2. The Hall–Kier alpha value is -1.92. The maximum atomic E-state index is 12.5. The van der Waals surface area contributed by atoms with E-state index in [-0.39, 0.29) is 11.3 Å². The third kappa shape index (κ3) is 4.04. The summed E-state index contributed by atoms with van der Waals surface area (Å²) in [6.07, 6.45) is -4.46. The number of anilines is 1. The molecule has 1 aromatic rings. The zero-order chi connectivity index (χ0) is 15.5. The number of hydrogen-bond acceptors (Lipinski definition) is 3. The van der Waals surface area contributed by atoms with Crippen LogP contribution in [0.25, 0.3) is 0 Å². The molecule has 0 aromatic heterocycles. The van der Waals surface area contributed by atoms with Gasteiger partial charge in [-0.3, -0.25) is 4.79 Å². The first-order chi connectivity index (χ1) is 9.15. The molecule has 1 aromatic carbocycles. The summed E-state index contributed by atoms with van der Waals surface area (Å²) in [6.45, 7) is 1.72. The number of rotatable bonds is 4. The van der Waals surface area contributed by atoms with Crippen molar-refractivity contribution in [1.29, 1.82) is 0 Å². The highest BCUT2D eigenvalue weighted by atomic mass is 19.4. The van der Waals surface area contributed by atoms with Crippen LogP contribution in [0.5, 0.6) is 5.75 Å². The number of benzene rings is 1. The molecule has 0 radical (unpaired) electrons. The molecule has 0 saturated heterocycles. The molecule has 0 bridgehead atoms. The number of ether oxygens (including phenoxy) is 1. The van der Waals surface area contributed by atoms with Crippen molar-refractivity contribution in [3.8, 4) is 5.75 Å². The zero-order valence-corrected chi connectivity index (χ0v) is 11.5. The van der Waals surface area contributed by atoms with Crippen LogP contribution in [0.15, 0.2) is 18.2 Å². The van der Waals surface area contributed by atoms with E-state index in [1.165, 1.54) is 39.2 Å². The number of carbonyl (C=O) groups excluding carboxylic acids is 1. The number of hydrogen-bond donors (Lipinski definition) is 1. The Bertz CT molecular complexity index is 487. The van der Waals surface area contributed by atoms with Crippen LogP contribution in [-0.4, -0.2) is 36.7 Å². The number of nitrogens with zero attached hydrogens (tertiary/aromatic N) is 1. The average molecular weight is 290 g/mol. The summed E-state index contributed by atoms with van der Waals surface area (Å²) in [6, 6.07) is 3.66. The van der Waals surface area contributed by atoms with Crippen LogP contribution in [0.4, 0.5) is 18.9 Å². The first-order valence-electron chi connectivity index (χ1n) is 5.97. The van der Waals surface area contributed by atoms with E-state index in [0.717, 1.165) is 4.90 Å². The lowest BCUT2D eigenvalue weighted by molar-refractivity contribution is -0.143. The summed E-state index contributed by atoms with van der Waals surface area (Å²) in [5.74, 6) is -0.316. The van der Waals surface area contributed by atoms with Gasteiger partial charge in [-0.05, 0) is 26.0 Å². The second kappa shape index (κ2) is 6.02. The Kier molecular flexibility index (Phi) is 4.86. The van der Waals surface area contributed by atoms with Gasteiger partial charge in [-0.1, -0.05) is 0 Å². The Morgan fingerprint density at radius 2 is 2.00 bits per heavy atom. The predicted molar refractivity (Wildman–Crippen MR) is 69.6 cm³/mol. The molecule has 0 aliphatic heterocycles. The molecular weight excluding hydrogens is 273 g/mol. The smallest absolute Gasteiger partial charge is 0.406 e. The molecule has 112 valence electrons. The number of methoxy groups -OCH3 is 1. The van der Waals surface area contributed by atoms with E-state index in [4.69, 9.17) is 10.5 Å². The number of carbonyl (C=O) groups is 1. The molecule has 0 fully saturated rings. The van der Waals surface area contributed by atoms with Crippen molar-refractivity contribution in [2.75, 3.05) is 19.4 Å². The highest BCUT2D eigenvalue weighted by molar-refractivity contribution is 5.99. The van der Waals surface area contributed by atoms with E-state index in [9.17, 15) is 18.0 Å². The van der Waals surface area contributed by atoms with Crippen LogP contribution in [0.2, 0.25) is 0 Å². The van der Waals surface area contributed by atoms with Gasteiger partial charge < -0.3 is 15.4 Å². The average Bonchev–Trinajstić information content (AvgIpc) is 2.33. The Balaban J connectivity index is 3.07. The highest BCUT2D eigenvalue weighted by Crippen LogP contribution is 2.24. The molecule has 2 N–H and O–H groups in total. The van der Waals surface area contributed by atoms with Crippen LogP contribution >= 0.6 is 0 Å². The molecule has 1 rings (SSSR count). The van der Waals surface area contributed by atoms with Crippen LogP contribution in [0.1, 0.15) is 24.2 Å². The standard InChI is InChI=1S/C13H17F3N2O2/c1-8(2)18(7-13(14,15)16)12(19)10-5-4-9(20-3)6-11(10)17/h4-6,8H,7,17H2,1-3H3. The number of alkyl halides is 3. The molecule has 0 atom stereocenters. The van der Waals surface area contributed by atoms with Gasteiger partial charge in [0, 0.05) is 17.8 Å². The van der Waals surface area contributed by atoms with E-state index >= 15 is 0 Å². The van der Waals surface area contributed by atoms with Crippen molar-refractivity contribution in [2.45, 2.75) is 26.1 Å². The Morgan fingerprint density at radius 3 is 2.40 bits per heavy atom. The molecule has 0 spiro atoms. The normalized spacial score (nSPS) is 11.6. The van der Waals surface area contributed by atoms with Crippen molar-refractivity contribution in [1.82, 2.24) is 4.90 Å². The monoisotopic (exact) mass is 290 g/mol. The first-order valence-corrected chi connectivity index (χ1v) is 5.97. The molecule has 0 unspecified atom stereocenters. The summed E-state index contributed by atoms with van der Waals surface area (Å²) >= 11 is 0. The SMILES string of the molecule is COc1ccc(C(=O)N(CC(F)(F)F)C(C)C)c(N)c1. The summed E-state index contributed by atoms with van der Waals surface area (Å²) in [4.78, 5) is 12.9. The fourth-order valence-electron chi connectivity index (χ4n) is 1.70. The summed E-state index contributed by atoms with van der Waals surface area (Å²) in [5.41, 5.74) is 5.81. The van der Waals surface area contributed by atoms with Crippen LogP contribution < -0.4 is 10.5 Å². The van der Waals surface area contributed by atoms with Crippen molar-refractivity contribution in [3.63, 3.8) is 0 Å². The van der Waals surface area contributed by atoms with Gasteiger partial charge in [0.05, 0.1) is 12.7 Å². The number of nitrogen functional groups attached to an aromatic ring is 1. The molecule has 0 heterocycles. The second-order valence-corrected chi connectivity index (χ2v) is 4.60. The van der Waals surface area contributed by atoms with Crippen LogP contribution in [0, 0.1) is 0 Å². The summed E-state index contributed by atoms with van der Waals surface area (Å²) in [7, 11) is 1.43. The number of halogens is 3. The summed E-state index contributed by atoms with van der Waals surface area (Å²) < 4.78 is 42.5. The predicted octanol–water partition coefficient (Wildman–Crippen LogP) is 2.69. The molecule has 20 heavy (non-hydrogen) atoms. The fourth-order valence-corrected chi connectivity index (χ4v) is 1.70. The van der Waals surface area contributed by atoms with Gasteiger partial charge in [0.15, 0.2) is 0 Å². The van der Waals surface area contributed by atoms with Gasteiger partial charge in [-0.15, -0.1) is 0 Å². The van der Waals surface area contributed by atoms with Gasteiger partial charge in [0.2, 0.25) is 0 Å². The van der Waals surface area contributed by atoms with Crippen LogP contribution in [0.3, 0.4) is 0 Å². The Labute approximate surface area is 115 Å². The molecule has 0 saturated carbocycles. The second-order valence-electron chi connectivity index (χ2n) is 4.60. The zero-order valence-electron chi connectivity index (χ0n) is 11.5. The van der Waals surface area contributed by atoms with E-state index in [1.54, 1.807) is 0 Å². The lowest BCUT2D eigenvalue weighted by Crippen LogP contribution is -2.43. The van der Waals surface area contributed by atoms with Crippen molar-refractivity contribution >= 4 is 11.6 Å². The number of nitrogens with two attached hydrogens (primary N) is 1. The quantitative estimate of drug-likeness (QED) is 0.867. The molecule has 7 heteroatoms. The van der Waals surface area contributed by atoms with Crippen molar-refractivity contribution in [3.05, 3.63) is 23.8 Å². The maximum absolute atomic E-state index is 12.5. The van der Waals surface area contributed by atoms with Gasteiger partial charge >= 0.3 is 6.18 Å². The minimum absolute atomic E-state index is 0.0312. The third-order valence-corrected chi connectivity index (χ3v) is 2.72. The summed E-state index contributed by atoms with van der Waals surface area (Å²) in [5, 5.41) is 0. The topological polar surface area (TPSA) is 55.6 Å². The Morgan fingerprint density at radius 1 is 1.40 bits per heavy atom. The lowest BCUT2D eigenvalue weighted by Gasteiger charge is -2.28. The first kappa shape index (κ1) is 16.1. The fraction of sp³-hybridized carbons (Fsp3) is 0.462. The van der Waals surface area contributed by atoms with Crippen molar-refractivity contribution < 1.29 is 22.7 Å². The van der Waals surface area contributed by atoms with Crippen molar-refractivity contribution in [2.24, 2.45) is 0 Å². The van der Waals surface area contributed by atoms with Gasteiger partial charge in [-0.2, -0.15) is 13.2 Å². The number of amides is 1. The van der Waals surface area contributed by atoms with E-state index in [0.29, 0.717) is 5.75 Å². The molecule has 1 amide bonds. The van der Waals surface area contributed by atoms with Gasteiger partial charge in [-0.25, -0.2) is 0 Å². The van der Waals surface area contributed by atoms with E-state index in [2.05, 4.69) is 0 Å². The maximum Gasteiger partial charge on any atom is 0.406 e. The van der Waals surface area contributed by atoms with Crippen LogP contribution in [-0.2, 0) is 0 Å². The van der Waals surface area contributed by atoms with E-state index in [1.807, 2.05) is 0 Å². The largest absolute Gasteiger partial charge is 0.497 e. The van der Waals surface area contributed by atoms with E-state index < -0.39 is 24.7 Å². The third-order valence-electron chi connectivity index (χ3n) is 2.72. The minimum atomic E-state index is -4.46.